The molecule has 2 rings (SSSR count). The van der Waals surface area contributed by atoms with Crippen molar-refractivity contribution in [2.45, 2.75) is 38.8 Å². The molecule has 1 amide bonds. The summed E-state index contributed by atoms with van der Waals surface area (Å²) < 4.78 is 1.06. The highest BCUT2D eigenvalue weighted by atomic mass is 79.9. The maximum atomic E-state index is 12.2. The van der Waals surface area contributed by atoms with Crippen LogP contribution in [0.2, 0.25) is 0 Å². The third-order valence-corrected chi connectivity index (χ3v) is 4.25. The highest BCUT2D eigenvalue weighted by Crippen LogP contribution is 2.20. The van der Waals surface area contributed by atoms with Crippen molar-refractivity contribution in [3.63, 3.8) is 0 Å². The van der Waals surface area contributed by atoms with Crippen LogP contribution in [-0.2, 0) is 4.79 Å². The normalized spacial score (nSPS) is 24.8. The molecular formula is C15H21BrN2O. The van der Waals surface area contributed by atoms with E-state index in [1.165, 1.54) is 0 Å². The summed E-state index contributed by atoms with van der Waals surface area (Å²) in [6, 6.07) is 8.59. The van der Waals surface area contributed by atoms with Gasteiger partial charge in [-0.3, -0.25) is 4.79 Å². The monoisotopic (exact) mass is 324 g/mol. The largest absolute Gasteiger partial charge is 0.349 e. The van der Waals surface area contributed by atoms with Crippen molar-refractivity contribution in [2.24, 2.45) is 5.92 Å². The Kier molecular flexibility index (Phi) is 4.99. The van der Waals surface area contributed by atoms with E-state index in [-0.39, 0.29) is 17.9 Å². The summed E-state index contributed by atoms with van der Waals surface area (Å²) in [6.07, 6.45) is 1.86. The second-order valence-corrected chi connectivity index (χ2v) is 6.27. The van der Waals surface area contributed by atoms with E-state index < -0.39 is 0 Å². The van der Waals surface area contributed by atoms with Crippen molar-refractivity contribution in [2.75, 3.05) is 6.54 Å². The van der Waals surface area contributed by atoms with Gasteiger partial charge in [0.2, 0.25) is 5.91 Å². The summed E-state index contributed by atoms with van der Waals surface area (Å²) in [6.45, 7) is 5.11. The number of hydrogen-bond donors (Lipinski definition) is 2. The van der Waals surface area contributed by atoms with Gasteiger partial charge in [0.05, 0.1) is 6.04 Å². The van der Waals surface area contributed by atoms with Gasteiger partial charge in [-0.25, -0.2) is 0 Å². The zero-order chi connectivity index (χ0) is 13.8. The molecule has 0 spiro atoms. The minimum atomic E-state index is 0.0609. The Morgan fingerprint density at radius 3 is 2.74 bits per heavy atom. The molecule has 0 aliphatic carbocycles. The summed E-state index contributed by atoms with van der Waals surface area (Å²) >= 11 is 3.42. The lowest BCUT2D eigenvalue weighted by Gasteiger charge is -2.28. The molecule has 1 aliphatic heterocycles. The van der Waals surface area contributed by atoms with Gasteiger partial charge in [-0.15, -0.1) is 0 Å². The SMILES string of the molecule is CC1CC(C(=O)N[C@H](C)c2ccc(Br)cc2)CCN1. The van der Waals surface area contributed by atoms with Crippen molar-refractivity contribution < 1.29 is 4.79 Å². The van der Waals surface area contributed by atoms with Crippen LogP contribution in [0.25, 0.3) is 0 Å². The third kappa shape index (κ3) is 4.05. The highest BCUT2D eigenvalue weighted by Gasteiger charge is 2.25. The Morgan fingerprint density at radius 2 is 2.11 bits per heavy atom. The van der Waals surface area contributed by atoms with Crippen LogP contribution in [0, 0.1) is 5.92 Å². The lowest BCUT2D eigenvalue weighted by Crippen LogP contribution is -2.42. The number of carbonyl (C=O) groups is 1. The second kappa shape index (κ2) is 6.53. The fraction of sp³-hybridized carbons (Fsp3) is 0.533. The topological polar surface area (TPSA) is 41.1 Å². The third-order valence-electron chi connectivity index (χ3n) is 3.72. The average Bonchev–Trinajstić information content (AvgIpc) is 2.39. The molecule has 1 aromatic carbocycles. The van der Waals surface area contributed by atoms with E-state index in [0.29, 0.717) is 6.04 Å². The molecule has 0 saturated carbocycles. The predicted molar refractivity (Wildman–Crippen MR) is 80.9 cm³/mol. The molecule has 2 N–H and O–H groups in total. The smallest absolute Gasteiger partial charge is 0.223 e. The second-order valence-electron chi connectivity index (χ2n) is 5.36. The van der Waals surface area contributed by atoms with Gasteiger partial charge in [0.1, 0.15) is 0 Å². The van der Waals surface area contributed by atoms with E-state index in [0.717, 1.165) is 29.4 Å². The summed E-state index contributed by atoms with van der Waals surface area (Å²) in [5.74, 6) is 0.331. The van der Waals surface area contributed by atoms with Crippen molar-refractivity contribution in [1.82, 2.24) is 10.6 Å². The number of rotatable bonds is 3. The Bertz CT molecular complexity index is 432. The number of halogens is 1. The van der Waals surface area contributed by atoms with Crippen molar-refractivity contribution in [3.05, 3.63) is 34.3 Å². The molecule has 1 fully saturated rings. The fourth-order valence-corrected chi connectivity index (χ4v) is 2.80. The quantitative estimate of drug-likeness (QED) is 0.897. The minimum Gasteiger partial charge on any atom is -0.349 e. The van der Waals surface area contributed by atoms with Crippen molar-refractivity contribution in [1.29, 1.82) is 0 Å². The van der Waals surface area contributed by atoms with Crippen LogP contribution < -0.4 is 10.6 Å². The van der Waals surface area contributed by atoms with E-state index in [9.17, 15) is 4.79 Å². The molecule has 0 aromatic heterocycles. The number of nitrogens with one attached hydrogen (secondary N) is 2. The number of benzene rings is 1. The molecule has 0 bridgehead atoms. The zero-order valence-electron chi connectivity index (χ0n) is 11.4. The Morgan fingerprint density at radius 1 is 1.42 bits per heavy atom. The summed E-state index contributed by atoms with van der Waals surface area (Å²) in [5.41, 5.74) is 1.14. The Balaban J connectivity index is 1.92. The number of hydrogen-bond acceptors (Lipinski definition) is 2. The first-order valence-corrected chi connectivity index (χ1v) is 7.65. The standard InChI is InChI=1S/C15H21BrN2O/c1-10-9-13(7-8-17-10)15(19)18-11(2)12-3-5-14(16)6-4-12/h3-6,10-11,13,17H,7-9H2,1-2H3,(H,18,19)/t10?,11-,13?/m1/s1. The van der Waals surface area contributed by atoms with Gasteiger partial charge in [-0.2, -0.15) is 0 Å². The molecule has 3 nitrogen and oxygen atoms in total. The molecule has 1 saturated heterocycles. The van der Waals surface area contributed by atoms with Gasteiger partial charge in [-0.1, -0.05) is 28.1 Å². The molecule has 3 atom stereocenters. The van der Waals surface area contributed by atoms with Crippen LogP contribution in [0.3, 0.4) is 0 Å². The zero-order valence-corrected chi connectivity index (χ0v) is 13.0. The van der Waals surface area contributed by atoms with Crippen molar-refractivity contribution in [3.8, 4) is 0 Å². The molecule has 19 heavy (non-hydrogen) atoms. The number of amides is 1. The molecule has 1 aliphatic rings. The maximum Gasteiger partial charge on any atom is 0.223 e. The van der Waals surface area contributed by atoms with Gasteiger partial charge >= 0.3 is 0 Å². The van der Waals surface area contributed by atoms with Crippen LogP contribution in [0.4, 0.5) is 0 Å². The van der Waals surface area contributed by atoms with E-state index in [4.69, 9.17) is 0 Å². The van der Waals surface area contributed by atoms with Crippen LogP contribution in [0.5, 0.6) is 0 Å². The first-order valence-electron chi connectivity index (χ1n) is 6.85. The van der Waals surface area contributed by atoms with Crippen molar-refractivity contribution >= 4 is 21.8 Å². The Hall–Kier alpha value is -0.870. The van der Waals surface area contributed by atoms with Crippen LogP contribution in [-0.4, -0.2) is 18.5 Å². The fourth-order valence-electron chi connectivity index (χ4n) is 2.54. The van der Waals surface area contributed by atoms with Crippen LogP contribution in [0.15, 0.2) is 28.7 Å². The first kappa shape index (κ1) is 14.5. The molecule has 1 aromatic rings. The van der Waals surface area contributed by atoms with Gasteiger partial charge in [0, 0.05) is 16.4 Å². The molecule has 2 unspecified atom stereocenters. The van der Waals surface area contributed by atoms with Gasteiger partial charge in [0.15, 0.2) is 0 Å². The molecule has 1 heterocycles. The summed E-state index contributed by atoms with van der Waals surface area (Å²) in [5, 5.41) is 6.50. The lowest BCUT2D eigenvalue weighted by atomic mass is 9.92. The number of carbonyl (C=O) groups excluding carboxylic acids is 1. The minimum absolute atomic E-state index is 0.0609. The van der Waals surface area contributed by atoms with Crippen LogP contribution >= 0.6 is 15.9 Å². The summed E-state index contributed by atoms with van der Waals surface area (Å²) in [4.78, 5) is 12.2. The van der Waals surface area contributed by atoms with Gasteiger partial charge < -0.3 is 10.6 Å². The maximum absolute atomic E-state index is 12.2. The van der Waals surface area contributed by atoms with Gasteiger partial charge in [-0.05, 0) is 50.9 Å². The summed E-state index contributed by atoms with van der Waals surface area (Å²) in [7, 11) is 0. The average molecular weight is 325 g/mol. The highest BCUT2D eigenvalue weighted by molar-refractivity contribution is 9.10. The van der Waals surface area contributed by atoms with E-state index >= 15 is 0 Å². The molecule has 104 valence electrons. The Labute approximate surface area is 123 Å². The first-order chi connectivity index (χ1) is 9.06. The van der Waals surface area contributed by atoms with Gasteiger partial charge in [0.25, 0.3) is 0 Å². The molecular weight excluding hydrogens is 304 g/mol. The molecule has 4 heteroatoms. The molecule has 0 radical (unpaired) electrons. The van der Waals surface area contributed by atoms with E-state index in [1.54, 1.807) is 0 Å². The predicted octanol–water partition coefficient (Wildman–Crippen LogP) is 3.01. The van der Waals surface area contributed by atoms with Crippen LogP contribution in [0.1, 0.15) is 38.3 Å². The van der Waals surface area contributed by atoms with E-state index in [1.807, 2.05) is 31.2 Å². The number of piperidine rings is 1. The lowest BCUT2D eigenvalue weighted by molar-refractivity contribution is -0.126. The van der Waals surface area contributed by atoms with E-state index in [2.05, 4.69) is 33.5 Å².